The molecule has 1 saturated heterocycles. The number of carbonyl (C=O) groups excluding carboxylic acids is 6. The second kappa shape index (κ2) is 17.5. The summed E-state index contributed by atoms with van der Waals surface area (Å²) in [4.78, 5) is 76.0. The molecule has 5 N–H and O–H groups in total. The van der Waals surface area contributed by atoms with Crippen molar-refractivity contribution in [1.29, 1.82) is 0 Å². The van der Waals surface area contributed by atoms with Crippen molar-refractivity contribution in [3.05, 3.63) is 24.2 Å². The summed E-state index contributed by atoms with van der Waals surface area (Å²) in [5, 5.41) is 6.95. The van der Waals surface area contributed by atoms with E-state index in [-0.39, 0.29) is 25.5 Å². The average molecular weight is 662 g/mol. The molecule has 0 radical (unpaired) electrons. The molecule has 1 aliphatic rings. The van der Waals surface area contributed by atoms with Gasteiger partial charge in [-0.3, -0.25) is 24.0 Å². The number of hydrogen-bond acceptors (Lipinski definition) is 8. The Bertz CT molecular complexity index is 1200. The van der Waals surface area contributed by atoms with Gasteiger partial charge in [-0.25, -0.2) is 4.79 Å². The molecule has 260 valence electrons. The van der Waals surface area contributed by atoms with Gasteiger partial charge < -0.3 is 35.7 Å². The van der Waals surface area contributed by atoms with E-state index in [1.807, 2.05) is 0 Å². The molecule has 46 heavy (non-hydrogen) atoms. The number of nitrogens with two attached hydrogens (primary N) is 1. The van der Waals surface area contributed by atoms with Crippen molar-refractivity contribution < 1.29 is 51.1 Å². The van der Waals surface area contributed by atoms with Crippen LogP contribution in [0.2, 0.25) is 0 Å². The maximum absolute atomic E-state index is 13.7. The normalized spacial score (nSPS) is 17.7. The second-order valence-corrected chi connectivity index (χ2v) is 12.9. The fourth-order valence-electron chi connectivity index (χ4n) is 4.30. The van der Waals surface area contributed by atoms with Gasteiger partial charge in [0.2, 0.25) is 17.6 Å². The van der Waals surface area contributed by atoms with Crippen LogP contribution in [0.5, 0.6) is 0 Å². The molecule has 1 aliphatic heterocycles. The molecule has 1 aromatic heterocycles. The number of primary amides is 1. The first-order valence-corrected chi connectivity index (χ1v) is 14.9. The highest BCUT2D eigenvalue weighted by Crippen LogP contribution is 2.29. The van der Waals surface area contributed by atoms with Crippen LogP contribution in [0.3, 0.4) is 0 Å². The molecule has 0 saturated carbocycles. The van der Waals surface area contributed by atoms with Crippen molar-refractivity contribution in [2.45, 2.75) is 98.6 Å². The van der Waals surface area contributed by atoms with Gasteiger partial charge >= 0.3 is 18.2 Å². The van der Waals surface area contributed by atoms with Crippen molar-refractivity contribution in [1.82, 2.24) is 20.9 Å². The molecule has 1 fully saturated rings. The molecule has 13 nitrogen and oxygen atoms in total. The standard InChI is InChI=1S/C26H36F3N5O8.C4H10/c1-14-10-17(22(38)32-16(19(36)21(30)37)7-8-26(27,28)29)34(12-14)23(39)20(25(2,3)4)33-24(40)31-11-18(35)42-13-15-6-5-9-41-15;1-4(2)3/h5-6,9,14,16-17,20H,7-8,10-13H2,1-4H3,(H2,30,37)(H,32,38)(H2,31,33,40);4H,1-3H3/t14-,16?,17+,20-;/m1./s1. The Balaban J connectivity index is 0.00000249. The minimum Gasteiger partial charge on any atom is -0.466 e. The molecular formula is C30H46F3N5O8. The number of furan rings is 1. The summed E-state index contributed by atoms with van der Waals surface area (Å²) in [6.45, 7) is 12.6. The summed E-state index contributed by atoms with van der Waals surface area (Å²) in [5.41, 5.74) is 4.06. The predicted molar refractivity (Wildman–Crippen MR) is 159 cm³/mol. The van der Waals surface area contributed by atoms with Crippen LogP contribution in [0.1, 0.15) is 73.5 Å². The minimum absolute atomic E-state index is 0.0723. The Morgan fingerprint density at radius 2 is 1.70 bits per heavy atom. The van der Waals surface area contributed by atoms with E-state index in [0.717, 1.165) is 5.92 Å². The number of nitrogens with one attached hydrogen (secondary N) is 3. The predicted octanol–water partition coefficient (Wildman–Crippen LogP) is 2.82. The monoisotopic (exact) mass is 661 g/mol. The van der Waals surface area contributed by atoms with Crippen molar-refractivity contribution in [3.63, 3.8) is 0 Å². The van der Waals surface area contributed by atoms with Crippen molar-refractivity contribution in [2.24, 2.45) is 23.0 Å². The van der Waals surface area contributed by atoms with E-state index in [1.165, 1.54) is 11.2 Å². The Hall–Kier alpha value is -4.11. The highest BCUT2D eigenvalue weighted by Gasteiger charge is 2.45. The molecule has 0 aromatic carbocycles. The molecule has 0 spiro atoms. The molecule has 1 unspecified atom stereocenters. The summed E-state index contributed by atoms with van der Waals surface area (Å²) in [7, 11) is 0. The first-order chi connectivity index (χ1) is 21.1. The first kappa shape index (κ1) is 39.9. The van der Waals surface area contributed by atoms with Gasteiger partial charge in [0, 0.05) is 13.0 Å². The van der Waals surface area contributed by atoms with Gasteiger partial charge in [0.05, 0.1) is 12.3 Å². The number of alkyl halides is 3. The number of rotatable bonds is 12. The third-order valence-electron chi connectivity index (χ3n) is 6.43. The van der Waals surface area contributed by atoms with Crippen LogP contribution in [-0.4, -0.2) is 77.8 Å². The molecule has 5 amide bonds. The molecule has 1 aromatic rings. The zero-order valence-corrected chi connectivity index (χ0v) is 27.3. The van der Waals surface area contributed by atoms with Crippen molar-refractivity contribution in [3.8, 4) is 0 Å². The van der Waals surface area contributed by atoms with Crippen LogP contribution in [0.15, 0.2) is 22.8 Å². The van der Waals surface area contributed by atoms with Gasteiger partial charge in [0.1, 0.15) is 31.0 Å². The molecule has 0 aliphatic carbocycles. The fourth-order valence-corrected chi connectivity index (χ4v) is 4.30. The van der Waals surface area contributed by atoms with Gasteiger partial charge in [-0.1, -0.05) is 48.5 Å². The van der Waals surface area contributed by atoms with Crippen LogP contribution in [-0.2, 0) is 35.3 Å². The van der Waals surface area contributed by atoms with Gasteiger partial charge in [0.15, 0.2) is 0 Å². The number of hydrogen-bond donors (Lipinski definition) is 4. The van der Waals surface area contributed by atoms with E-state index >= 15 is 0 Å². The summed E-state index contributed by atoms with van der Waals surface area (Å²) in [5.74, 6) is -4.27. The van der Waals surface area contributed by atoms with Crippen molar-refractivity contribution >= 4 is 35.5 Å². The quantitative estimate of drug-likeness (QED) is 0.194. The van der Waals surface area contributed by atoms with Crippen LogP contribution < -0.4 is 21.7 Å². The van der Waals surface area contributed by atoms with Gasteiger partial charge in [0.25, 0.3) is 5.91 Å². The molecule has 2 rings (SSSR count). The van der Waals surface area contributed by atoms with Crippen molar-refractivity contribution in [2.75, 3.05) is 13.1 Å². The lowest BCUT2D eigenvalue weighted by atomic mass is 9.85. The van der Waals surface area contributed by atoms with Crippen LogP contribution in [0.4, 0.5) is 18.0 Å². The van der Waals surface area contributed by atoms with Gasteiger partial charge in [-0.05, 0) is 42.2 Å². The number of esters is 1. The topological polar surface area (TPSA) is 190 Å². The number of carbonyl (C=O) groups is 6. The average Bonchev–Trinajstić information content (AvgIpc) is 3.59. The maximum atomic E-state index is 13.7. The molecule has 2 heterocycles. The fraction of sp³-hybridized carbons (Fsp3) is 0.667. The number of nitrogens with zero attached hydrogens (tertiary/aromatic N) is 1. The lowest BCUT2D eigenvalue weighted by Crippen LogP contribution is -2.60. The second-order valence-electron chi connectivity index (χ2n) is 12.9. The highest BCUT2D eigenvalue weighted by molar-refractivity contribution is 6.37. The van der Waals surface area contributed by atoms with Gasteiger partial charge in [-0.2, -0.15) is 13.2 Å². The van der Waals surface area contributed by atoms with E-state index < -0.39 is 84.6 Å². The van der Waals surface area contributed by atoms with E-state index in [1.54, 1.807) is 39.8 Å². The van der Waals surface area contributed by atoms with E-state index in [2.05, 4.69) is 36.7 Å². The minimum atomic E-state index is -4.66. The molecular weight excluding hydrogens is 615 g/mol. The number of halogens is 3. The van der Waals surface area contributed by atoms with Crippen LogP contribution in [0.25, 0.3) is 0 Å². The Morgan fingerprint density at radius 1 is 1.09 bits per heavy atom. The van der Waals surface area contributed by atoms with E-state index in [4.69, 9.17) is 14.9 Å². The zero-order chi connectivity index (χ0) is 35.4. The zero-order valence-electron chi connectivity index (χ0n) is 27.3. The molecule has 16 heteroatoms. The lowest BCUT2D eigenvalue weighted by Gasteiger charge is -2.35. The van der Waals surface area contributed by atoms with Crippen LogP contribution >= 0.6 is 0 Å². The highest BCUT2D eigenvalue weighted by atomic mass is 19.4. The number of likely N-dealkylation sites (tertiary alicyclic amines) is 1. The summed E-state index contributed by atoms with van der Waals surface area (Å²) < 4.78 is 48.4. The molecule has 4 atom stereocenters. The third kappa shape index (κ3) is 14.3. The number of amides is 5. The maximum Gasteiger partial charge on any atom is 0.389 e. The Morgan fingerprint density at radius 3 is 2.20 bits per heavy atom. The van der Waals surface area contributed by atoms with Crippen LogP contribution in [0, 0.1) is 17.3 Å². The largest absolute Gasteiger partial charge is 0.466 e. The third-order valence-corrected chi connectivity index (χ3v) is 6.43. The lowest BCUT2D eigenvalue weighted by molar-refractivity contribution is -0.146. The number of ether oxygens (including phenoxy) is 1. The summed E-state index contributed by atoms with van der Waals surface area (Å²) in [6, 6.07) is -1.90. The van der Waals surface area contributed by atoms with E-state index in [9.17, 15) is 41.9 Å². The Labute approximate surface area is 266 Å². The Kier molecular flexibility index (Phi) is 15.2. The number of Topliss-reactive ketones (excluding diaryl/α,β-unsaturated/α-hetero) is 1. The summed E-state index contributed by atoms with van der Waals surface area (Å²) in [6.07, 6.45) is -5.52. The first-order valence-electron chi connectivity index (χ1n) is 14.9. The summed E-state index contributed by atoms with van der Waals surface area (Å²) >= 11 is 0. The van der Waals surface area contributed by atoms with Gasteiger partial charge in [-0.15, -0.1) is 0 Å². The molecule has 0 bridgehead atoms. The number of urea groups is 1. The SMILES string of the molecule is CC(C)C.C[C@@H]1C[C@@H](C(=O)NC(CCC(F)(F)F)C(=O)C(N)=O)N(C(=O)[C@@H](NC(=O)NCC(=O)OCc2ccco2)C(C)(C)C)C1. The number of ketones is 1. The smallest absolute Gasteiger partial charge is 0.389 e. The van der Waals surface area contributed by atoms with E-state index in [0.29, 0.717) is 5.76 Å².